The van der Waals surface area contributed by atoms with E-state index in [1.165, 1.54) is 19.4 Å². The number of nitrogens with zero attached hydrogens (tertiary/aromatic N) is 2. The molecule has 0 radical (unpaired) electrons. The number of H-pyrrole nitrogens is 1. The molecule has 8 atom stereocenters. The Bertz CT molecular complexity index is 1780. The van der Waals surface area contributed by atoms with E-state index in [0.29, 0.717) is 25.1 Å². The van der Waals surface area contributed by atoms with Gasteiger partial charge in [-0.2, -0.15) is 12.6 Å². The van der Waals surface area contributed by atoms with Crippen LogP contribution in [0.3, 0.4) is 0 Å². The minimum Gasteiger partial charge on any atom is -0.480 e. The summed E-state index contributed by atoms with van der Waals surface area (Å²) in [4.78, 5) is 127. The number of guanidine groups is 1. The molecular weight excluding hydrogens is 891 g/mol. The Labute approximate surface area is 386 Å². The molecule has 372 valence electrons. The van der Waals surface area contributed by atoms with Crippen molar-refractivity contribution in [2.75, 3.05) is 38.5 Å². The number of carbonyl (C=O) groups is 9. The van der Waals surface area contributed by atoms with Gasteiger partial charge in [0.25, 0.3) is 0 Å². The molecule has 8 amide bonds. The zero-order valence-corrected chi connectivity index (χ0v) is 38.1. The molecule has 0 bridgehead atoms. The number of aliphatic imine (C=N–C) groups is 1. The van der Waals surface area contributed by atoms with Gasteiger partial charge in [0, 0.05) is 30.6 Å². The molecule has 0 aliphatic carbocycles. The normalized spacial score (nSPS) is 14.6. The average Bonchev–Trinajstić information content (AvgIpc) is 3.77. The smallest absolute Gasteiger partial charge is 0.326 e. The summed E-state index contributed by atoms with van der Waals surface area (Å²) in [5.74, 6) is -9.08. The number of aromatic nitrogens is 2. The predicted molar refractivity (Wildman–Crippen MR) is 240 cm³/mol. The van der Waals surface area contributed by atoms with E-state index in [4.69, 9.17) is 22.9 Å². The molecule has 0 aliphatic rings. The number of aromatic amines is 1. The standard InChI is InChI=1S/C38H67N15O12S/c1-19(2)11-24(32(59)45-14-28(56)48-23(37(64)65)8-6-10-44-38(41)42)49-29(57)15-46-36(63)30(20(3)55)53-33(60)25(12-21-13-43-18-47-21)50-35(62)27(17-66)52-34(61)26(16-54)51-31(58)22(40)7-4-5-9-39/h13,18-20,22-27,30,54-55,66H,4-12,14-17,39-40H2,1-3H3,(H,43,47)(H,45,59)(H,46,63)(H,48,56)(H,49,57)(H,50,62)(H,51,58)(H,52,61)(H,53,60)(H,64,65)(H4,41,42,44)/t20-,22+,23+,24+,25+,26+,27+,30+/m1/s1. The van der Waals surface area contributed by atoms with Crippen LogP contribution in [-0.2, 0) is 49.6 Å². The topological polar surface area (TPSA) is 456 Å². The largest absolute Gasteiger partial charge is 0.480 e. The van der Waals surface area contributed by atoms with Crippen LogP contribution < -0.4 is 65.5 Å². The Kier molecular flexibility index (Phi) is 27.1. The third-order valence-electron chi connectivity index (χ3n) is 9.40. The van der Waals surface area contributed by atoms with Gasteiger partial charge in [0.1, 0.15) is 36.3 Å². The van der Waals surface area contributed by atoms with Gasteiger partial charge in [-0.25, -0.2) is 9.78 Å². The molecule has 0 unspecified atom stereocenters. The second kappa shape index (κ2) is 30.9. The molecule has 0 saturated heterocycles. The number of unbranched alkanes of at least 4 members (excludes halogenated alkanes) is 1. The molecule has 0 aliphatic heterocycles. The summed E-state index contributed by atoms with van der Waals surface area (Å²) in [6.45, 7) is 3.00. The van der Waals surface area contributed by atoms with Gasteiger partial charge in [0.2, 0.25) is 47.3 Å². The Morgan fingerprint density at radius 2 is 1.32 bits per heavy atom. The van der Waals surface area contributed by atoms with Crippen molar-refractivity contribution in [3.63, 3.8) is 0 Å². The monoisotopic (exact) mass is 957 g/mol. The summed E-state index contributed by atoms with van der Waals surface area (Å²) in [6.07, 6.45) is 2.63. The predicted octanol–water partition coefficient (Wildman–Crippen LogP) is -6.96. The number of nitrogens with two attached hydrogens (primary N) is 4. The maximum atomic E-state index is 13.7. The molecule has 1 rings (SSSR count). The number of thiol groups is 1. The molecule has 28 heteroatoms. The number of amides is 8. The number of imidazole rings is 1. The molecule has 0 saturated carbocycles. The molecule has 1 heterocycles. The van der Waals surface area contributed by atoms with Gasteiger partial charge in [0.05, 0.1) is 38.2 Å². The molecule has 0 aromatic carbocycles. The van der Waals surface area contributed by atoms with Gasteiger partial charge in [0.15, 0.2) is 5.96 Å². The summed E-state index contributed by atoms with van der Waals surface area (Å²) < 4.78 is 0. The third-order valence-corrected chi connectivity index (χ3v) is 9.76. The lowest BCUT2D eigenvalue weighted by atomic mass is 10.0. The summed E-state index contributed by atoms with van der Waals surface area (Å²) >= 11 is 4.13. The number of aliphatic hydroxyl groups is 2. The number of carboxylic acid groups (broad SMARTS) is 1. The maximum Gasteiger partial charge on any atom is 0.326 e. The van der Waals surface area contributed by atoms with E-state index in [1.54, 1.807) is 13.8 Å². The van der Waals surface area contributed by atoms with Crippen molar-refractivity contribution in [3.8, 4) is 0 Å². The first-order chi connectivity index (χ1) is 31.1. The summed E-state index contributed by atoms with van der Waals surface area (Å²) in [7, 11) is 0. The molecule has 66 heavy (non-hydrogen) atoms. The zero-order chi connectivity index (χ0) is 49.9. The van der Waals surface area contributed by atoms with Gasteiger partial charge in [-0.05, 0) is 51.5 Å². The van der Waals surface area contributed by atoms with Crippen LogP contribution in [0.5, 0.6) is 0 Å². The number of aliphatic hydroxyl groups excluding tert-OH is 2. The Hall–Kier alpha value is -6.10. The Morgan fingerprint density at radius 1 is 0.742 bits per heavy atom. The quantitative estimate of drug-likeness (QED) is 0.0138. The highest BCUT2D eigenvalue weighted by atomic mass is 32.1. The van der Waals surface area contributed by atoms with Crippen molar-refractivity contribution in [2.45, 2.75) is 114 Å². The van der Waals surface area contributed by atoms with E-state index >= 15 is 0 Å². The van der Waals surface area contributed by atoms with E-state index in [-0.39, 0.29) is 56.3 Å². The molecule has 1 aromatic rings. The lowest BCUT2D eigenvalue weighted by Gasteiger charge is -2.26. The SMILES string of the molecule is CC(C)C[C@H](NC(=O)CNC(=O)[C@@H](NC(=O)[C@H](Cc1cnc[nH]1)NC(=O)[C@H](CS)NC(=O)[C@H](CO)NC(=O)[C@@H](N)CCCCN)[C@@H](C)O)C(=O)NCC(=O)N[C@@H](CCCN=C(N)N)C(=O)O. The number of nitrogens with one attached hydrogen (secondary N) is 9. The van der Waals surface area contributed by atoms with Crippen molar-refractivity contribution >= 4 is 71.8 Å². The van der Waals surface area contributed by atoms with Gasteiger partial charge in [-0.15, -0.1) is 0 Å². The summed E-state index contributed by atoms with van der Waals surface area (Å²) in [5.41, 5.74) is 22.2. The second-order valence-corrected chi connectivity index (χ2v) is 15.9. The lowest BCUT2D eigenvalue weighted by molar-refractivity contribution is -0.142. The van der Waals surface area contributed by atoms with Crippen molar-refractivity contribution in [2.24, 2.45) is 33.8 Å². The van der Waals surface area contributed by atoms with Crippen molar-refractivity contribution in [1.29, 1.82) is 0 Å². The fourth-order valence-corrected chi connectivity index (χ4v) is 6.12. The third kappa shape index (κ3) is 22.7. The van der Waals surface area contributed by atoms with Crippen molar-refractivity contribution < 1.29 is 58.5 Å². The number of rotatable bonds is 32. The molecule has 0 spiro atoms. The number of hydrogen-bond acceptors (Lipinski definition) is 16. The van der Waals surface area contributed by atoms with Gasteiger partial charge < -0.3 is 85.8 Å². The highest BCUT2D eigenvalue weighted by Crippen LogP contribution is 2.07. The van der Waals surface area contributed by atoms with Crippen LogP contribution in [0.2, 0.25) is 0 Å². The van der Waals surface area contributed by atoms with E-state index in [0.717, 1.165) is 0 Å². The van der Waals surface area contributed by atoms with Crippen LogP contribution in [-0.4, -0.2) is 171 Å². The maximum absolute atomic E-state index is 13.7. The zero-order valence-electron chi connectivity index (χ0n) is 37.2. The Morgan fingerprint density at radius 3 is 1.85 bits per heavy atom. The highest BCUT2D eigenvalue weighted by molar-refractivity contribution is 7.80. The lowest BCUT2D eigenvalue weighted by Crippen LogP contribution is -2.61. The molecule has 0 fully saturated rings. The first-order valence-corrected chi connectivity index (χ1v) is 21.7. The number of hydrogen-bond donors (Lipinski definition) is 17. The number of carbonyl (C=O) groups excluding carboxylic acids is 8. The molecule has 20 N–H and O–H groups in total. The van der Waals surface area contributed by atoms with E-state index < -0.39 is 121 Å². The van der Waals surface area contributed by atoms with Gasteiger partial charge >= 0.3 is 5.97 Å². The fraction of sp³-hybridized carbons (Fsp3) is 0.658. The van der Waals surface area contributed by atoms with E-state index in [9.17, 15) is 58.5 Å². The average molecular weight is 958 g/mol. The summed E-state index contributed by atoms with van der Waals surface area (Å²) in [5, 5.41) is 48.7. The first-order valence-electron chi connectivity index (χ1n) is 21.1. The minimum atomic E-state index is -1.70. The number of carboxylic acids is 1. The molecular formula is C38H67N15O12S. The molecule has 27 nitrogen and oxygen atoms in total. The van der Waals surface area contributed by atoms with E-state index in [2.05, 4.69) is 70.1 Å². The van der Waals surface area contributed by atoms with Gasteiger partial charge in [-0.1, -0.05) is 20.3 Å². The van der Waals surface area contributed by atoms with Crippen LogP contribution in [0, 0.1) is 5.92 Å². The molecule has 1 aromatic heterocycles. The van der Waals surface area contributed by atoms with Crippen LogP contribution in [0.25, 0.3) is 0 Å². The van der Waals surface area contributed by atoms with E-state index in [1.807, 2.05) is 0 Å². The summed E-state index contributed by atoms with van der Waals surface area (Å²) in [6, 6.07) is -9.58. The number of aliphatic carboxylic acids is 1. The fourth-order valence-electron chi connectivity index (χ4n) is 5.86. The van der Waals surface area contributed by atoms with Crippen LogP contribution in [0.1, 0.15) is 65.0 Å². The van der Waals surface area contributed by atoms with Gasteiger partial charge in [-0.3, -0.25) is 43.3 Å². The first kappa shape index (κ1) is 57.9. The van der Waals surface area contributed by atoms with Crippen molar-refractivity contribution in [3.05, 3.63) is 18.2 Å². The second-order valence-electron chi connectivity index (χ2n) is 15.5. The highest BCUT2D eigenvalue weighted by Gasteiger charge is 2.34. The van der Waals surface area contributed by atoms with Crippen LogP contribution in [0.15, 0.2) is 17.5 Å². The van der Waals surface area contributed by atoms with Crippen LogP contribution in [0.4, 0.5) is 0 Å². The van der Waals surface area contributed by atoms with Crippen LogP contribution >= 0.6 is 12.6 Å². The minimum absolute atomic E-state index is 0.00575. The Balaban J connectivity index is 2.99. The van der Waals surface area contributed by atoms with Crippen molar-refractivity contribution in [1.82, 2.24) is 52.5 Å².